The molecule has 6 nitrogen and oxygen atoms in total. The molecule has 0 fully saturated rings. The van der Waals surface area contributed by atoms with E-state index in [9.17, 15) is 14.7 Å². The van der Waals surface area contributed by atoms with Gasteiger partial charge in [-0.2, -0.15) is 0 Å². The minimum absolute atomic E-state index is 0.0640. The number of hydrogen-bond acceptors (Lipinski definition) is 4. The maximum Gasteiger partial charge on any atom is 0.275 e. The van der Waals surface area contributed by atoms with Gasteiger partial charge in [-0.05, 0) is 19.4 Å². The van der Waals surface area contributed by atoms with Gasteiger partial charge in [0, 0.05) is 25.1 Å². The first kappa shape index (κ1) is 18.5. The molecule has 1 aromatic heterocycles. The molecule has 1 amide bonds. The highest BCUT2D eigenvalue weighted by Crippen LogP contribution is 2.41. The monoisotopic (exact) mass is 380 g/mol. The lowest BCUT2D eigenvalue weighted by molar-refractivity contribution is 0.0615. The zero-order valence-electron chi connectivity index (χ0n) is 16.0. The second-order valence-corrected chi connectivity index (χ2v) is 7.38. The molecule has 2 aromatic rings. The van der Waals surface area contributed by atoms with Crippen LogP contribution in [0.1, 0.15) is 54.2 Å². The lowest BCUT2D eigenvalue weighted by Gasteiger charge is -2.37. The molecule has 2 aliphatic heterocycles. The van der Waals surface area contributed by atoms with Crippen LogP contribution < -0.4 is 10.2 Å². The summed E-state index contributed by atoms with van der Waals surface area (Å²) < 4.78 is 7.68. The Bertz CT molecular complexity index is 980. The fourth-order valence-electron chi connectivity index (χ4n) is 4.16. The predicted molar refractivity (Wildman–Crippen MR) is 105 cm³/mol. The van der Waals surface area contributed by atoms with Crippen LogP contribution in [0.5, 0.6) is 5.75 Å². The fraction of sp³-hybridized carbons (Fsp3) is 0.364. The van der Waals surface area contributed by atoms with Crippen molar-refractivity contribution < 1.29 is 14.6 Å². The molecule has 0 saturated heterocycles. The molecule has 28 heavy (non-hydrogen) atoms. The Morgan fingerprint density at radius 1 is 1.29 bits per heavy atom. The van der Waals surface area contributed by atoms with Crippen molar-refractivity contribution in [2.45, 2.75) is 45.1 Å². The van der Waals surface area contributed by atoms with Gasteiger partial charge in [-0.15, -0.1) is 0 Å². The van der Waals surface area contributed by atoms with Gasteiger partial charge in [0.15, 0.2) is 11.4 Å². The summed E-state index contributed by atoms with van der Waals surface area (Å²) in [4.78, 5) is 27.8. The van der Waals surface area contributed by atoms with E-state index in [1.165, 1.54) is 6.07 Å². The smallest absolute Gasteiger partial charge is 0.275 e. The van der Waals surface area contributed by atoms with E-state index in [0.717, 1.165) is 5.56 Å². The van der Waals surface area contributed by atoms with Crippen molar-refractivity contribution in [1.82, 2.24) is 9.47 Å². The molecule has 0 bridgehead atoms. The summed E-state index contributed by atoms with van der Waals surface area (Å²) in [6, 6.07) is 10.8. The van der Waals surface area contributed by atoms with Gasteiger partial charge in [0.1, 0.15) is 6.61 Å². The first-order valence-electron chi connectivity index (χ1n) is 9.59. The number of benzene rings is 1. The lowest BCUT2D eigenvalue weighted by atomic mass is 10.1. The zero-order chi connectivity index (χ0) is 19.8. The predicted octanol–water partition coefficient (Wildman–Crippen LogP) is 2.83. The fourth-order valence-corrected chi connectivity index (χ4v) is 4.16. The van der Waals surface area contributed by atoms with Crippen LogP contribution in [-0.4, -0.2) is 33.1 Å². The number of aliphatic hydroxyl groups is 1. The number of carbonyl (C=O) groups is 1. The molecule has 4 rings (SSSR count). The van der Waals surface area contributed by atoms with Crippen LogP contribution in [0.4, 0.5) is 0 Å². The van der Waals surface area contributed by atoms with Crippen LogP contribution >= 0.6 is 0 Å². The van der Waals surface area contributed by atoms with E-state index >= 15 is 0 Å². The third kappa shape index (κ3) is 3.03. The SMILES string of the molecule is C/C=C\[C@H](C)N1C[C@H]2CC(O)c3cc(=O)c(OCc4ccccc4)c(n32)C1=O. The molecule has 1 N–H and O–H groups in total. The molecule has 0 aliphatic carbocycles. The number of aromatic nitrogens is 1. The number of carbonyl (C=O) groups excluding carboxylic acids is 1. The Kier molecular flexibility index (Phi) is 4.81. The van der Waals surface area contributed by atoms with Crippen LogP contribution in [0.2, 0.25) is 0 Å². The Balaban J connectivity index is 1.78. The molecule has 3 atom stereocenters. The van der Waals surface area contributed by atoms with Gasteiger partial charge in [0.2, 0.25) is 5.43 Å². The third-order valence-corrected chi connectivity index (χ3v) is 5.50. The Labute approximate surface area is 163 Å². The Hall–Kier alpha value is -2.86. The van der Waals surface area contributed by atoms with Crippen molar-refractivity contribution in [2.24, 2.45) is 0 Å². The minimum Gasteiger partial charge on any atom is -0.483 e. The number of allylic oxidation sites excluding steroid dienone is 1. The second-order valence-electron chi connectivity index (χ2n) is 7.38. The topological polar surface area (TPSA) is 71.8 Å². The van der Waals surface area contributed by atoms with Crippen LogP contribution in [0.15, 0.2) is 53.3 Å². The van der Waals surface area contributed by atoms with Gasteiger partial charge < -0.3 is 19.3 Å². The minimum atomic E-state index is -0.746. The molecular formula is C22H24N2O4. The van der Waals surface area contributed by atoms with E-state index in [4.69, 9.17) is 4.74 Å². The number of aliphatic hydroxyl groups excluding tert-OH is 1. The number of ether oxygens (including phenoxy) is 1. The molecule has 2 aliphatic rings. The summed E-state index contributed by atoms with van der Waals surface area (Å²) in [5.74, 6) is -0.174. The molecule has 3 heterocycles. The van der Waals surface area contributed by atoms with E-state index in [2.05, 4.69) is 0 Å². The van der Waals surface area contributed by atoms with Crippen molar-refractivity contribution in [2.75, 3.05) is 6.54 Å². The number of hydrogen-bond donors (Lipinski definition) is 1. The molecule has 0 radical (unpaired) electrons. The maximum atomic E-state index is 13.3. The molecule has 6 heteroatoms. The molecule has 1 unspecified atom stereocenters. The maximum absolute atomic E-state index is 13.3. The third-order valence-electron chi connectivity index (χ3n) is 5.50. The normalized spacial score (nSPS) is 21.8. The summed E-state index contributed by atoms with van der Waals surface area (Å²) in [5.41, 5.74) is 1.30. The Morgan fingerprint density at radius 3 is 2.75 bits per heavy atom. The summed E-state index contributed by atoms with van der Waals surface area (Å²) in [7, 11) is 0. The first-order chi connectivity index (χ1) is 13.5. The largest absolute Gasteiger partial charge is 0.483 e. The number of rotatable bonds is 5. The highest BCUT2D eigenvalue weighted by atomic mass is 16.5. The van der Waals surface area contributed by atoms with Crippen LogP contribution in [0.3, 0.4) is 0 Å². The summed E-state index contributed by atoms with van der Waals surface area (Å²) in [6.45, 7) is 4.57. The zero-order valence-corrected chi connectivity index (χ0v) is 16.0. The van der Waals surface area contributed by atoms with Crippen LogP contribution in [0, 0.1) is 0 Å². The van der Waals surface area contributed by atoms with Crippen molar-refractivity contribution >= 4 is 5.91 Å². The van der Waals surface area contributed by atoms with Crippen molar-refractivity contribution in [3.8, 4) is 5.75 Å². The van der Waals surface area contributed by atoms with Gasteiger partial charge >= 0.3 is 0 Å². The number of pyridine rings is 1. The van der Waals surface area contributed by atoms with Gasteiger partial charge in [-0.1, -0.05) is 42.5 Å². The van der Waals surface area contributed by atoms with Gasteiger partial charge in [0.05, 0.1) is 17.8 Å². The van der Waals surface area contributed by atoms with Crippen molar-refractivity contribution in [3.05, 3.63) is 75.7 Å². The molecule has 0 spiro atoms. The molecule has 146 valence electrons. The first-order valence-corrected chi connectivity index (χ1v) is 9.59. The quantitative estimate of drug-likeness (QED) is 0.810. The van der Waals surface area contributed by atoms with Crippen LogP contribution in [-0.2, 0) is 6.61 Å². The number of amides is 1. The van der Waals surface area contributed by atoms with E-state index in [0.29, 0.717) is 18.7 Å². The summed E-state index contributed by atoms with van der Waals surface area (Å²) in [5, 5.41) is 10.4. The molecule has 1 aromatic carbocycles. The highest BCUT2D eigenvalue weighted by molar-refractivity contribution is 5.96. The lowest BCUT2D eigenvalue weighted by Crippen LogP contribution is -2.47. The number of nitrogens with zero attached hydrogens (tertiary/aromatic N) is 2. The van der Waals surface area contributed by atoms with E-state index < -0.39 is 6.10 Å². The molecule has 0 saturated carbocycles. The van der Waals surface area contributed by atoms with Crippen LogP contribution in [0.25, 0.3) is 0 Å². The summed E-state index contributed by atoms with van der Waals surface area (Å²) in [6.07, 6.45) is 3.60. The van der Waals surface area contributed by atoms with Gasteiger partial charge in [-0.25, -0.2) is 0 Å². The van der Waals surface area contributed by atoms with Crippen molar-refractivity contribution in [3.63, 3.8) is 0 Å². The van der Waals surface area contributed by atoms with Gasteiger partial charge in [-0.3, -0.25) is 9.59 Å². The molecular weight excluding hydrogens is 356 g/mol. The van der Waals surface area contributed by atoms with Gasteiger partial charge in [0.25, 0.3) is 5.91 Å². The average molecular weight is 380 g/mol. The summed E-state index contributed by atoms with van der Waals surface area (Å²) >= 11 is 0. The van der Waals surface area contributed by atoms with Crippen molar-refractivity contribution in [1.29, 1.82) is 0 Å². The average Bonchev–Trinajstić information content (AvgIpc) is 2.99. The van der Waals surface area contributed by atoms with E-state index in [-0.39, 0.29) is 41.5 Å². The Morgan fingerprint density at radius 2 is 2.04 bits per heavy atom. The van der Waals surface area contributed by atoms with E-state index in [1.807, 2.05) is 60.9 Å². The van der Waals surface area contributed by atoms with E-state index in [1.54, 1.807) is 4.90 Å². The standard InChI is InChI=1S/C22H24N2O4/c1-3-7-14(2)23-12-16-10-18(25)17-11-19(26)21(20(22(23)27)24(16)17)28-13-15-8-5-4-6-9-15/h3-9,11,14,16,18,25H,10,12-13H2,1-2H3/b7-3-/t14-,16+,18?/m0/s1. The second kappa shape index (κ2) is 7.28. The highest BCUT2D eigenvalue weighted by Gasteiger charge is 2.42.